The van der Waals surface area contributed by atoms with Crippen molar-refractivity contribution < 1.29 is 9.59 Å². The number of rotatable bonds is 0. The minimum atomic E-state index is -0.107. The molecule has 2 N–H and O–H groups in total. The fourth-order valence-electron chi connectivity index (χ4n) is 1.85. The van der Waals surface area contributed by atoms with Gasteiger partial charge in [-0.25, -0.2) is 4.79 Å². The summed E-state index contributed by atoms with van der Waals surface area (Å²) in [7, 11) is 0. The molecule has 1 saturated heterocycles. The van der Waals surface area contributed by atoms with Gasteiger partial charge in [0.05, 0.1) is 0 Å². The van der Waals surface area contributed by atoms with Crippen LogP contribution in [0.1, 0.15) is 51.4 Å². The van der Waals surface area contributed by atoms with Gasteiger partial charge < -0.3 is 10.6 Å². The second-order valence-electron chi connectivity index (χ2n) is 4.34. The van der Waals surface area contributed by atoms with Crippen molar-refractivity contribution in [3.05, 3.63) is 0 Å². The van der Waals surface area contributed by atoms with Crippen molar-refractivity contribution >= 4 is 11.8 Å². The highest BCUT2D eigenvalue weighted by atomic mass is 16.2. The Morgan fingerprint density at radius 3 is 2.06 bits per heavy atom. The molecule has 1 rings (SSSR count). The van der Waals surface area contributed by atoms with E-state index in [9.17, 15) is 9.59 Å². The molecule has 0 aromatic carbocycles. The van der Waals surface area contributed by atoms with Crippen molar-refractivity contribution in [3.63, 3.8) is 0 Å². The first-order chi connectivity index (χ1) is 7.79. The number of carbonyl (C=O) groups excluding carboxylic acids is 2. The van der Waals surface area contributed by atoms with E-state index in [1.807, 2.05) is 0 Å². The lowest BCUT2D eigenvalue weighted by Crippen LogP contribution is -2.36. The average molecular weight is 226 g/mol. The highest BCUT2D eigenvalue weighted by Crippen LogP contribution is 2.07. The van der Waals surface area contributed by atoms with Crippen molar-refractivity contribution in [3.8, 4) is 0 Å². The lowest BCUT2D eigenvalue weighted by atomic mass is 10.1. The van der Waals surface area contributed by atoms with Crippen molar-refractivity contribution in [1.82, 2.24) is 10.6 Å². The summed E-state index contributed by atoms with van der Waals surface area (Å²) in [6.07, 6.45) is 7.56. The Bertz CT molecular complexity index is 205. The quantitative estimate of drug-likeness (QED) is 0.663. The molecular weight excluding hydrogens is 204 g/mol. The molecule has 2 amide bonds. The van der Waals surface area contributed by atoms with Crippen molar-refractivity contribution in [2.75, 3.05) is 13.1 Å². The van der Waals surface area contributed by atoms with Crippen LogP contribution in [0.15, 0.2) is 0 Å². The topological polar surface area (TPSA) is 58.2 Å². The Labute approximate surface area is 97.2 Å². The predicted octanol–water partition coefficient (Wildman–Crippen LogP) is 1.99. The van der Waals surface area contributed by atoms with E-state index in [0.717, 1.165) is 45.1 Å². The highest BCUT2D eigenvalue weighted by molar-refractivity contribution is 5.78. The Morgan fingerprint density at radius 1 is 0.688 bits per heavy atom. The molecule has 0 atom stereocenters. The van der Waals surface area contributed by atoms with Gasteiger partial charge in [-0.1, -0.05) is 19.3 Å². The van der Waals surface area contributed by atoms with E-state index in [2.05, 4.69) is 10.6 Å². The number of hydrogen-bond acceptors (Lipinski definition) is 2. The summed E-state index contributed by atoms with van der Waals surface area (Å²) < 4.78 is 0. The second kappa shape index (κ2) is 8.13. The number of hydrogen-bond donors (Lipinski definition) is 2. The fraction of sp³-hybridized carbons (Fsp3) is 0.833. The molecule has 0 unspecified atom stereocenters. The second-order valence-corrected chi connectivity index (χ2v) is 4.34. The molecule has 1 aliphatic rings. The van der Waals surface area contributed by atoms with Crippen LogP contribution in [0.25, 0.3) is 0 Å². The van der Waals surface area contributed by atoms with Gasteiger partial charge in [-0.2, -0.15) is 0 Å². The smallest absolute Gasteiger partial charge is 0.314 e. The molecule has 4 nitrogen and oxygen atoms in total. The Kier molecular flexibility index (Phi) is 6.61. The van der Waals surface area contributed by atoms with Gasteiger partial charge in [-0.15, -0.1) is 0 Å². The molecule has 1 fully saturated rings. The van der Waals surface area contributed by atoms with Crippen molar-refractivity contribution in [2.24, 2.45) is 0 Å². The van der Waals surface area contributed by atoms with Crippen LogP contribution in [0.4, 0.5) is 4.79 Å². The summed E-state index contributed by atoms with van der Waals surface area (Å²) in [5.74, 6) is 0.333. The zero-order chi connectivity index (χ0) is 11.6. The molecule has 0 saturated carbocycles. The van der Waals surface area contributed by atoms with Crippen LogP contribution in [-0.4, -0.2) is 24.9 Å². The van der Waals surface area contributed by atoms with Gasteiger partial charge in [0.2, 0.25) is 0 Å². The normalized spacial score (nSPS) is 21.8. The minimum absolute atomic E-state index is 0.107. The monoisotopic (exact) mass is 226 g/mol. The molecular formula is C12H22N2O2. The van der Waals surface area contributed by atoms with E-state index >= 15 is 0 Å². The molecule has 4 heteroatoms. The van der Waals surface area contributed by atoms with Gasteiger partial charge in [0.15, 0.2) is 0 Å². The van der Waals surface area contributed by atoms with Crippen LogP contribution >= 0.6 is 0 Å². The molecule has 92 valence electrons. The summed E-state index contributed by atoms with van der Waals surface area (Å²) in [5, 5.41) is 5.57. The Balaban J connectivity index is 2.24. The van der Waals surface area contributed by atoms with Gasteiger partial charge >= 0.3 is 6.03 Å². The number of ketones is 1. The zero-order valence-electron chi connectivity index (χ0n) is 9.89. The molecule has 1 heterocycles. The molecule has 1 aliphatic heterocycles. The van der Waals surface area contributed by atoms with E-state index < -0.39 is 0 Å². The molecule has 0 spiro atoms. The molecule has 0 aliphatic carbocycles. The summed E-state index contributed by atoms with van der Waals surface area (Å²) in [6.45, 7) is 1.35. The highest BCUT2D eigenvalue weighted by Gasteiger charge is 2.04. The van der Waals surface area contributed by atoms with Crippen LogP contribution in [-0.2, 0) is 4.79 Å². The molecule has 0 aromatic rings. The SMILES string of the molecule is O=C1CCCCCCCNC(=O)NCCC1. The fourth-order valence-corrected chi connectivity index (χ4v) is 1.85. The molecule has 0 bridgehead atoms. The van der Waals surface area contributed by atoms with Gasteiger partial charge in [-0.05, 0) is 19.3 Å². The number of nitrogens with one attached hydrogen (secondary N) is 2. The van der Waals surface area contributed by atoms with Crippen LogP contribution in [0, 0.1) is 0 Å². The minimum Gasteiger partial charge on any atom is -0.338 e. The molecule has 16 heavy (non-hydrogen) atoms. The number of carbonyl (C=O) groups is 2. The van der Waals surface area contributed by atoms with Gasteiger partial charge in [0.25, 0.3) is 0 Å². The number of urea groups is 1. The van der Waals surface area contributed by atoms with E-state index in [-0.39, 0.29) is 6.03 Å². The first kappa shape index (κ1) is 13.0. The van der Waals surface area contributed by atoms with Crippen LogP contribution < -0.4 is 10.6 Å². The van der Waals surface area contributed by atoms with Gasteiger partial charge in [0.1, 0.15) is 5.78 Å². The third-order valence-corrected chi connectivity index (χ3v) is 2.84. The maximum absolute atomic E-state index is 11.4. The summed E-state index contributed by atoms with van der Waals surface area (Å²) >= 11 is 0. The lowest BCUT2D eigenvalue weighted by Gasteiger charge is -2.08. The van der Waals surface area contributed by atoms with E-state index in [1.165, 1.54) is 0 Å². The molecule has 0 radical (unpaired) electrons. The van der Waals surface area contributed by atoms with Gasteiger partial charge in [-0.3, -0.25) is 4.79 Å². The standard InChI is InChI=1S/C12H22N2O2/c15-11-7-4-2-1-3-5-9-13-12(16)14-10-6-8-11/h1-10H2,(H2,13,14,16). The maximum Gasteiger partial charge on any atom is 0.314 e. The lowest BCUT2D eigenvalue weighted by molar-refractivity contribution is -0.119. The summed E-state index contributed by atoms with van der Waals surface area (Å²) in [4.78, 5) is 22.6. The van der Waals surface area contributed by atoms with Crippen molar-refractivity contribution in [1.29, 1.82) is 0 Å². The van der Waals surface area contributed by atoms with Gasteiger partial charge in [0, 0.05) is 25.9 Å². The van der Waals surface area contributed by atoms with Crippen LogP contribution in [0.5, 0.6) is 0 Å². The third-order valence-electron chi connectivity index (χ3n) is 2.84. The zero-order valence-corrected chi connectivity index (χ0v) is 9.89. The largest absolute Gasteiger partial charge is 0.338 e. The first-order valence-electron chi connectivity index (χ1n) is 6.32. The van der Waals surface area contributed by atoms with Crippen molar-refractivity contribution in [2.45, 2.75) is 51.4 Å². The third kappa shape index (κ3) is 6.43. The maximum atomic E-state index is 11.4. The summed E-state index contributed by atoms with van der Waals surface area (Å²) in [6, 6.07) is -0.107. The molecule has 0 aromatic heterocycles. The Morgan fingerprint density at radius 2 is 1.25 bits per heavy atom. The van der Waals surface area contributed by atoms with E-state index in [0.29, 0.717) is 25.2 Å². The number of Topliss-reactive ketones (excluding diaryl/α,β-unsaturated/α-hetero) is 1. The summed E-state index contributed by atoms with van der Waals surface area (Å²) in [5.41, 5.74) is 0. The average Bonchev–Trinajstić information content (AvgIpc) is 2.27. The number of amides is 2. The van der Waals surface area contributed by atoms with E-state index in [1.54, 1.807) is 0 Å². The first-order valence-corrected chi connectivity index (χ1v) is 6.32. The van der Waals surface area contributed by atoms with Crippen LogP contribution in [0.3, 0.4) is 0 Å². The predicted molar refractivity (Wildman–Crippen MR) is 63.3 cm³/mol. The van der Waals surface area contributed by atoms with Crippen LogP contribution in [0.2, 0.25) is 0 Å². The van der Waals surface area contributed by atoms with E-state index in [4.69, 9.17) is 0 Å². The Hall–Kier alpha value is -1.06.